The number of esters is 1. The van der Waals surface area contributed by atoms with Crippen LogP contribution in [0.2, 0.25) is 5.02 Å². The van der Waals surface area contributed by atoms with Gasteiger partial charge in [-0.25, -0.2) is 0 Å². The summed E-state index contributed by atoms with van der Waals surface area (Å²) in [6.45, 7) is 3.16. The zero-order valence-corrected chi connectivity index (χ0v) is 13.0. The van der Waals surface area contributed by atoms with E-state index in [1.54, 1.807) is 18.2 Å². The summed E-state index contributed by atoms with van der Waals surface area (Å²) < 4.78 is 5.07. The number of aromatic nitrogens is 1. The van der Waals surface area contributed by atoms with E-state index in [1.807, 2.05) is 37.3 Å². The number of fused-ring (bicyclic) bond motifs is 1. The first-order valence-corrected chi connectivity index (χ1v) is 7.05. The van der Waals surface area contributed by atoms with Crippen LogP contribution >= 0.6 is 11.6 Å². The molecule has 3 rings (SSSR count). The third-order valence-corrected chi connectivity index (χ3v) is 3.14. The number of aromatic amines is 1. The highest BCUT2D eigenvalue weighted by Crippen LogP contribution is 2.32. The van der Waals surface area contributed by atoms with Gasteiger partial charge < -0.3 is 14.8 Å². The number of benzene rings is 2. The number of aromatic hydroxyl groups is 1. The lowest BCUT2D eigenvalue weighted by Gasteiger charge is -2.00. The fourth-order valence-electron chi connectivity index (χ4n) is 1.98. The first-order chi connectivity index (χ1) is 10.5. The van der Waals surface area contributed by atoms with Gasteiger partial charge in [0.1, 0.15) is 5.75 Å². The maximum Gasteiger partial charge on any atom is 0.308 e. The number of hydrogen-bond donors (Lipinski definition) is 2. The molecule has 0 aliphatic heterocycles. The van der Waals surface area contributed by atoms with E-state index < -0.39 is 0 Å². The minimum absolute atomic E-state index is 0.148. The second-order valence-corrected chi connectivity index (χ2v) is 5.13. The molecule has 0 spiro atoms. The minimum Gasteiger partial charge on any atom is -0.508 e. The molecule has 0 radical (unpaired) electrons. The van der Waals surface area contributed by atoms with Crippen molar-refractivity contribution in [2.75, 3.05) is 0 Å². The largest absolute Gasteiger partial charge is 0.508 e. The molecule has 0 bridgehead atoms. The van der Waals surface area contributed by atoms with E-state index in [2.05, 4.69) is 4.98 Å². The quantitative estimate of drug-likeness (QED) is 0.652. The maximum atomic E-state index is 10.9. The monoisotopic (exact) mass is 317 g/mol. The summed E-state index contributed by atoms with van der Waals surface area (Å²) in [7, 11) is 0. The van der Waals surface area contributed by atoms with Crippen LogP contribution in [0.5, 0.6) is 11.5 Å². The summed E-state index contributed by atoms with van der Waals surface area (Å²) in [5.74, 6) is 0.255. The van der Waals surface area contributed by atoms with E-state index in [9.17, 15) is 9.90 Å². The Hall–Kier alpha value is -2.46. The van der Waals surface area contributed by atoms with Crippen LogP contribution in [0, 0.1) is 6.92 Å². The molecule has 0 aliphatic carbocycles. The molecule has 2 aromatic carbocycles. The summed E-state index contributed by atoms with van der Waals surface area (Å²) in [5.41, 5.74) is 1.60. The zero-order chi connectivity index (χ0) is 16.1. The molecule has 5 heteroatoms. The molecule has 0 atom stereocenters. The van der Waals surface area contributed by atoms with Crippen molar-refractivity contribution in [3.05, 3.63) is 59.2 Å². The topological polar surface area (TPSA) is 62.3 Å². The van der Waals surface area contributed by atoms with Crippen LogP contribution in [-0.4, -0.2) is 16.1 Å². The van der Waals surface area contributed by atoms with Gasteiger partial charge in [0.25, 0.3) is 0 Å². The summed E-state index contributed by atoms with van der Waals surface area (Å²) in [5, 5.41) is 10.8. The number of nitrogens with one attached hydrogen (secondary N) is 1. The van der Waals surface area contributed by atoms with Crippen molar-refractivity contribution >= 4 is 28.5 Å². The Morgan fingerprint density at radius 1 is 1.18 bits per heavy atom. The van der Waals surface area contributed by atoms with E-state index in [1.165, 1.54) is 6.92 Å². The fourth-order valence-corrected chi connectivity index (χ4v) is 2.13. The normalized spacial score (nSPS) is 9.95. The van der Waals surface area contributed by atoms with Gasteiger partial charge in [0.05, 0.1) is 5.69 Å². The van der Waals surface area contributed by atoms with Crippen molar-refractivity contribution in [3.8, 4) is 11.5 Å². The van der Waals surface area contributed by atoms with Crippen LogP contribution in [0.4, 0.5) is 0 Å². The highest BCUT2D eigenvalue weighted by atomic mass is 35.5. The summed E-state index contributed by atoms with van der Waals surface area (Å²) in [6, 6.07) is 14.3. The van der Waals surface area contributed by atoms with Crippen molar-refractivity contribution in [1.82, 2.24) is 4.98 Å². The third-order valence-electron chi connectivity index (χ3n) is 2.89. The second-order valence-electron chi connectivity index (χ2n) is 4.70. The predicted octanol–water partition coefficient (Wildman–Crippen LogP) is 4.45. The Morgan fingerprint density at radius 2 is 1.86 bits per heavy atom. The van der Waals surface area contributed by atoms with Gasteiger partial charge in [-0.15, -0.1) is 0 Å². The number of carbonyl (C=O) groups is 1. The fraction of sp³-hybridized carbons (Fsp3) is 0.118. The highest BCUT2D eigenvalue weighted by molar-refractivity contribution is 6.30. The predicted molar refractivity (Wildman–Crippen MR) is 87.5 cm³/mol. The van der Waals surface area contributed by atoms with Crippen LogP contribution in [0.3, 0.4) is 0 Å². The number of ether oxygens (including phenoxy) is 1. The molecule has 0 amide bonds. The van der Waals surface area contributed by atoms with Crippen LogP contribution in [0.25, 0.3) is 10.9 Å². The zero-order valence-electron chi connectivity index (χ0n) is 12.3. The van der Waals surface area contributed by atoms with Crippen LogP contribution < -0.4 is 4.74 Å². The lowest BCUT2D eigenvalue weighted by Crippen LogP contribution is -2.01. The molecule has 0 unspecified atom stereocenters. The van der Waals surface area contributed by atoms with Gasteiger partial charge >= 0.3 is 5.97 Å². The Bertz CT molecular complexity index is 781. The molecular formula is C17H16ClNO3. The third kappa shape index (κ3) is 4.02. The number of H-pyrrole nitrogens is 1. The molecule has 114 valence electrons. The minimum atomic E-state index is -0.373. The average molecular weight is 318 g/mol. The van der Waals surface area contributed by atoms with Gasteiger partial charge in [-0.3, -0.25) is 4.79 Å². The summed E-state index contributed by atoms with van der Waals surface area (Å²) in [4.78, 5) is 14.0. The molecule has 2 N–H and O–H groups in total. The molecule has 0 aliphatic rings. The Morgan fingerprint density at radius 3 is 2.41 bits per heavy atom. The van der Waals surface area contributed by atoms with Crippen molar-refractivity contribution in [2.24, 2.45) is 0 Å². The van der Waals surface area contributed by atoms with Gasteiger partial charge in [-0.1, -0.05) is 29.8 Å². The molecule has 0 saturated heterocycles. The Labute approximate surface area is 133 Å². The van der Waals surface area contributed by atoms with E-state index >= 15 is 0 Å². The smallest absolute Gasteiger partial charge is 0.308 e. The molecule has 3 aromatic rings. The molecule has 0 saturated carbocycles. The van der Waals surface area contributed by atoms with Crippen molar-refractivity contribution in [1.29, 1.82) is 0 Å². The number of carbonyl (C=O) groups excluding carboxylic acids is 1. The first kappa shape index (κ1) is 15.9. The molecule has 4 nitrogen and oxygen atoms in total. The lowest BCUT2D eigenvalue weighted by molar-refractivity contribution is -0.131. The maximum absolute atomic E-state index is 10.9. The van der Waals surface area contributed by atoms with Crippen LogP contribution in [0.15, 0.2) is 48.5 Å². The van der Waals surface area contributed by atoms with Gasteiger partial charge in [0, 0.05) is 22.8 Å². The number of aryl methyl sites for hydroxylation is 1. The number of rotatable bonds is 1. The van der Waals surface area contributed by atoms with Gasteiger partial charge in [-0.2, -0.15) is 0 Å². The average Bonchev–Trinajstić information content (AvgIpc) is 2.76. The van der Waals surface area contributed by atoms with E-state index in [4.69, 9.17) is 16.3 Å². The van der Waals surface area contributed by atoms with Crippen LogP contribution in [-0.2, 0) is 4.79 Å². The highest BCUT2D eigenvalue weighted by Gasteiger charge is 2.11. The Balaban J connectivity index is 0.000000211. The lowest BCUT2D eigenvalue weighted by atomic mass is 10.2. The number of phenolic OH excluding ortho intramolecular Hbond substituents is 1. The molecule has 1 aromatic heterocycles. The first-order valence-electron chi connectivity index (χ1n) is 6.67. The van der Waals surface area contributed by atoms with Gasteiger partial charge in [-0.05, 0) is 37.3 Å². The van der Waals surface area contributed by atoms with E-state index in [0.717, 1.165) is 16.2 Å². The second kappa shape index (κ2) is 7.00. The van der Waals surface area contributed by atoms with Crippen molar-refractivity contribution in [3.63, 3.8) is 0 Å². The summed E-state index contributed by atoms with van der Waals surface area (Å²) in [6.07, 6.45) is 0. The molecule has 1 heterocycles. The van der Waals surface area contributed by atoms with Gasteiger partial charge in [0.2, 0.25) is 0 Å². The van der Waals surface area contributed by atoms with Crippen molar-refractivity contribution < 1.29 is 14.6 Å². The molecule has 22 heavy (non-hydrogen) atoms. The number of phenols is 1. The summed E-state index contributed by atoms with van der Waals surface area (Å²) >= 11 is 5.54. The van der Waals surface area contributed by atoms with Gasteiger partial charge in [0.15, 0.2) is 5.75 Å². The number of hydrogen-bond acceptors (Lipinski definition) is 3. The Kier molecular flexibility index (Phi) is 5.07. The van der Waals surface area contributed by atoms with E-state index in [0.29, 0.717) is 11.1 Å². The number of halogens is 1. The van der Waals surface area contributed by atoms with Crippen molar-refractivity contribution in [2.45, 2.75) is 13.8 Å². The standard InChI is InChI=1S/C11H11NO3.C6H5Cl/c1-6-11(15-7(2)13)9-5-8(14)3-4-10(9)12-6;7-6-4-2-1-3-5-6/h3-5,12,14H,1-2H3;1-5H. The SMILES string of the molecule is CC(=O)Oc1c(C)[nH]c2ccc(O)cc12.Clc1ccccc1. The van der Waals surface area contributed by atoms with E-state index in [-0.39, 0.29) is 11.7 Å². The molecular weight excluding hydrogens is 302 g/mol. The molecule has 0 fully saturated rings. The van der Waals surface area contributed by atoms with Crippen LogP contribution in [0.1, 0.15) is 12.6 Å².